The summed E-state index contributed by atoms with van der Waals surface area (Å²) in [6, 6.07) is 8.52. The van der Waals surface area contributed by atoms with Crippen molar-refractivity contribution in [3.05, 3.63) is 42.2 Å². The molecule has 2 atom stereocenters. The van der Waals surface area contributed by atoms with E-state index in [1.807, 2.05) is 51.1 Å². The van der Waals surface area contributed by atoms with E-state index in [2.05, 4.69) is 25.5 Å². The zero-order valence-electron chi connectivity index (χ0n) is 13.4. The van der Waals surface area contributed by atoms with Crippen LogP contribution in [0.4, 0.5) is 11.6 Å². The average molecular weight is 315 g/mol. The van der Waals surface area contributed by atoms with Crippen molar-refractivity contribution in [1.82, 2.24) is 15.3 Å². The summed E-state index contributed by atoms with van der Waals surface area (Å²) in [6.07, 6.45) is 1.70. The van der Waals surface area contributed by atoms with Crippen LogP contribution in [-0.2, 0) is 4.79 Å². The van der Waals surface area contributed by atoms with Crippen LogP contribution >= 0.6 is 0 Å². The minimum absolute atomic E-state index is 0.0221. The number of nitrogens with zero attached hydrogens (tertiary/aromatic N) is 3. The predicted molar refractivity (Wildman–Crippen MR) is 87.0 cm³/mol. The van der Waals surface area contributed by atoms with Crippen molar-refractivity contribution in [3.63, 3.8) is 0 Å². The summed E-state index contributed by atoms with van der Waals surface area (Å²) in [5.41, 5.74) is 1.43. The van der Waals surface area contributed by atoms with Gasteiger partial charge in [-0.05, 0) is 25.0 Å². The third-order valence-electron chi connectivity index (χ3n) is 3.41. The number of azo groups is 1. The molecule has 0 aliphatic heterocycles. The lowest BCUT2D eigenvalue weighted by molar-refractivity contribution is -0.140. The molecular weight excluding hydrogens is 294 g/mol. The van der Waals surface area contributed by atoms with Crippen LogP contribution in [0.1, 0.15) is 32.5 Å². The van der Waals surface area contributed by atoms with Gasteiger partial charge in [-0.15, -0.1) is 10.2 Å². The van der Waals surface area contributed by atoms with Gasteiger partial charge in [0.1, 0.15) is 6.04 Å². The zero-order valence-corrected chi connectivity index (χ0v) is 13.4. The molecule has 1 unspecified atom stereocenters. The van der Waals surface area contributed by atoms with E-state index in [9.17, 15) is 9.90 Å². The van der Waals surface area contributed by atoms with Gasteiger partial charge in [-0.3, -0.25) is 10.1 Å². The largest absolute Gasteiger partial charge is 0.480 e. The van der Waals surface area contributed by atoms with Gasteiger partial charge >= 0.3 is 5.97 Å². The average Bonchev–Trinajstić information content (AvgIpc) is 3.00. The molecule has 3 N–H and O–H groups in total. The van der Waals surface area contributed by atoms with Crippen molar-refractivity contribution < 1.29 is 9.90 Å². The maximum Gasteiger partial charge on any atom is 0.320 e. The normalized spacial score (nSPS) is 14.3. The molecule has 2 aromatic rings. The maximum absolute atomic E-state index is 11.2. The van der Waals surface area contributed by atoms with Crippen LogP contribution < -0.4 is 5.32 Å². The quantitative estimate of drug-likeness (QED) is 0.679. The summed E-state index contributed by atoms with van der Waals surface area (Å²) >= 11 is 0. The SMILES string of the molecule is CC(N[C@H](C(=O)O)C(C)C)c1c[nH]c(/N=N/c2ccccc2)n1. The Balaban J connectivity index is 2.03. The van der Waals surface area contributed by atoms with Crippen molar-refractivity contribution in [2.24, 2.45) is 16.1 Å². The first kappa shape index (κ1) is 16.8. The third-order valence-corrected chi connectivity index (χ3v) is 3.41. The molecule has 0 aliphatic rings. The molecular formula is C16H21N5O2. The highest BCUT2D eigenvalue weighted by atomic mass is 16.4. The first-order valence-corrected chi connectivity index (χ1v) is 7.48. The molecule has 0 fully saturated rings. The molecule has 1 aromatic carbocycles. The number of aromatic nitrogens is 2. The second-order valence-corrected chi connectivity index (χ2v) is 5.63. The molecule has 7 nitrogen and oxygen atoms in total. The van der Waals surface area contributed by atoms with E-state index in [4.69, 9.17) is 0 Å². The van der Waals surface area contributed by atoms with E-state index in [1.54, 1.807) is 6.20 Å². The van der Waals surface area contributed by atoms with Gasteiger partial charge in [0.2, 0.25) is 5.95 Å². The molecule has 0 saturated heterocycles. The van der Waals surface area contributed by atoms with Crippen LogP contribution in [-0.4, -0.2) is 27.1 Å². The number of hydrogen-bond donors (Lipinski definition) is 3. The van der Waals surface area contributed by atoms with Crippen molar-refractivity contribution in [2.45, 2.75) is 32.9 Å². The summed E-state index contributed by atoms with van der Waals surface area (Å²) < 4.78 is 0. The number of hydrogen-bond acceptors (Lipinski definition) is 5. The Labute approximate surface area is 134 Å². The molecule has 0 aliphatic carbocycles. The van der Waals surface area contributed by atoms with Gasteiger partial charge in [0.25, 0.3) is 0 Å². The monoisotopic (exact) mass is 315 g/mol. The zero-order chi connectivity index (χ0) is 16.8. The second-order valence-electron chi connectivity index (χ2n) is 5.63. The van der Waals surface area contributed by atoms with Crippen molar-refractivity contribution >= 4 is 17.6 Å². The van der Waals surface area contributed by atoms with E-state index < -0.39 is 12.0 Å². The van der Waals surface area contributed by atoms with Crippen LogP contribution in [0.2, 0.25) is 0 Å². The molecule has 1 aromatic heterocycles. The molecule has 0 saturated carbocycles. The van der Waals surface area contributed by atoms with E-state index in [-0.39, 0.29) is 12.0 Å². The van der Waals surface area contributed by atoms with Crippen LogP contribution in [0.25, 0.3) is 0 Å². The van der Waals surface area contributed by atoms with Crippen molar-refractivity contribution in [2.75, 3.05) is 0 Å². The molecule has 2 rings (SSSR count). The van der Waals surface area contributed by atoms with E-state index in [1.165, 1.54) is 0 Å². The Hall–Kier alpha value is -2.54. The predicted octanol–water partition coefficient (Wildman–Crippen LogP) is 3.58. The number of benzene rings is 1. The number of carboxylic acids is 1. The first-order chi connectivity index (χ1) is 11.0. The van der Waals surface area contributed by atoms with E-state index >= 15 is 0 Å². The molecule has 0 spiro atoms. The van der Waals surface area contributed by atoms with E-state index in [0.29, 0.717) is 11.6 Å². The summed E-state index contributed by atoms with van der Waals surface area (Å²) in [6.45, 7) is 5.59. The van der Waals surface area contributed by atoms with Crippen LogP contribution in [0.5, 0.6) is 0 Å². The number of carboxylic acid groups (broad SMARTS) is 1. The number of carbonyl (C=O) groups is 1. The smallest absolute Gasteiger partial charge is 0.320 e. The molecule has 0 amide bonds. The Morgan fingerprint density at radius 2 is 1.91 bits per heavy atom. The molecule has 122 valence electrons. The minimum atomic E-state index is -0.869. The Morgan fingerprint density at radius 1 is 1.22 bits per heavy atom. The highest BCUT2D eigenvalue weighted by Gasteiger charge is 2.24. The molecule has 7 heteroatoms. The molecule has 0 radical (unpaired) electrons. The van der Waals surface area contributed by atoms with Gasteiger partial charge in [-0.25, -0.2) is 4.98 Å². The van der Waals surface area contributed by atoms with Gasteiger partial charge in [-0.2, -0.15) is 0 Å². The number of imidazole rings is 1. The van der Waals surface area contributed by atoms with Crippen molar-refractivity contribution in [3.8, 4) is 0 Å². The standard InChI is InChI=1S/C16H21N5O2/c1-10(2)14(15(22)23)18-11(3)13-9-17-16(19-13)21-20-12-7-5-4-6-8-12/h4-11,14,18H,1-3H3,(H,17,19)(H,22,23)/b21-20+/t11?,14-/m0/s1. The molecule has 1 heterocycles. The van der Waals surface area contributed by atoms with Gasteiger partial charge in [-0.1, -0.05) is 32.0 Å². The van der Waals surface area contributed by atoms with Gasteiger partial charge < -0.3 is 10.1 Å². The minimum Gasteiger partial charge on any atom is -0.480 e. The summed E-state index contributed by atoms with van der Waals surface area (Å²) in [4.78, 5) is 18.5. The van der Waals surface area contributed by atoms with Crippen LogP contribution in [0.3, 0.4) is 0 Å². The highest BCUT2D eigenvalue weighted by molar-refractivity contribution is 5.73. The fourth-order valence-electron chi connectivity index (χ4n) is 2.10. The maximum atomic E-state index is 11.2. The van der Waals surface area contributed by atoms with Crippen LogP contribution in [0, 0.1) is 5.92 Å². The van der Waals surface area contributed by atoms with Gasteiger partial charge in [0, 0.05) is 12.2 Å². The van der Waals surface area contributed by atoms with Gasteiger partial charge in [0.05, 0.1) is 11.4 Å². The summed E-state index contributed by atoms with van der Waals surface area (Å²) in [5.74, 6) is -0.508. The second kappa shape index (κ2) is 7.64. The number of aromatic amines is 1. The highest BCUT2D eigenvalue weighted by Crippen LogP contribution is 2.18. The lowest BCUT2D eigenvalue weighted by Gasteiger charge is -2.21. The Bertz CT molecular complexity index is 666. The Morgan fingerprint density at radius 3 is 2.52 bits per heavy atom. The first-order valence-electron chi connectivity index (χ1n) is 7.48. The number of aliphatic carboxylic acids is 1. The number of rotatable bonds is 7. The lowest BCUT2D eigenvalue weighted by Crippen LogP contribution is -2.42. The van der Waals surface area contributed by atoms with Gasteiger partial charge in [0.15, 0.2) is 0 Å². The topological polar surface area (TPSA) is 103 Å². The number of nitrogens with one attached hydrogen (secondary N) is 2. The molecule has 23 heavy (non-hydrogen) atoms. The lowest BCUT2D eigenvalue weighted by atomic mass is 10.0. The van der Waals surface area contributed by atoms with Crippen LogP contribution in [0.15, 0.2) is 46.8 Å². The fraction of sp³-hybridized carbons (Fsp3) is 0.375. The third kappa shape index (κ3) is 4.72. The Kier molecular flexibility index (Phi) is 5.59. The molecule has 0 bridgehead atoms. The van der Waals surface area contributed by atoms with Crippen molar-refractivity contribution in [1.29, 1.82) is 0 Å². The summed E-state index contributed by atoms with van der Waals surface area (Å²) in [7, 11) is 0. The number of H-pyrrole nitrogens is 1. The summed E-state index contributed by atoms with van der Waals surface area (Å²) in [5, 5.41) is 20.4. The van der Waals surface area contributed by atoms with E-state index in [0.717, 1.165) is 5.69 Å². The fourth-order valence-corrected chi connectivity index (χ4v) is 2.10.